The van der Waals surface area contributed by atoms with Crippen LogP contribution in [-0.2, 0) is 9.47 Å². The van der Waals surface area contributed by atoms with Crippen LogP contribution in [-0.4, -0.2) is 86.8 Å². The van der Waals surface area contributed by atoms with Crippen molar-refractivity contribution in [1.82, 2.24) is 0 Å². The van der Waals surface area contributed by atoms with E-state index < -0.39 is 49.5 Å². The first-order chi connectivity index (χ1) is 9.97. The van der Waals surface area contributed by atoms with Gasteiger partial charge in [0, 0.05) is 6.42 Å². The molecule has 2 rings (SSSR count). The normalized spacial score (nSPS) is 44.5. The van der Waals surface area contributed by atoms with Gasteiger partial charge in [0.05, 0.1) is 25.4 Å². The van der Waals surface area contributed by atoms with Crippen molar-refractivity contribution in [3.63, 3.8) is 0 Å². The van der Waals surface area contributed by atoms with Crippen LogP contribution in [0.4, 0.5) is 0 Å². The highest BCUT2D eigenvalue weighted by atomic mass is 16.6. The van der Waals surface area contributed by atoms with Gasteiger partial charge in [0.1, 0.15) is 24.4 Å². The van der Waals surface area contributed by atoms with E-state index in [9.17, 15) is 25.5 Å². The van der Waals surface area contributed by atoms with Crippen LogP contribution < -0.4 is 0 Å². The Labute approximate surface area is 121 Å². The fourth-order valence-corrected chi connectivity index (χ4v) is 2.64. The van der Waals surface area contributed by atoms with Crippen LogP contribution in [0.3, 0.4) is 0 Å². The van der Waals surface area contributed by atoms with E-state index in [2.05, 4.69) is 0 Å². The van der Waals surface area contributed by atoms with Crippen LogP contribution in [0.15, 0.2) is 11.6 Å². The Morgan fingerprint density at radius 1 is 1.14 bits per heavy atom. The molecule has 2 aliphatic rings. The summed E-state index contributed by atoms with van der Waals surface area (Å²) in [5, 5.41) is 57.6. The van der Waals surface area contributed by atoms with Crippen molar-refractivity contribution in [2.24, 2.45) is 0 Å². The molecule has 0 unspecified atom stereocenters. The van der Waals surface area contributed by atoms with Gasteiger partial charge in [-0.2, -0.15) is 0 Å². The standard InChI is InChI=1S/C13H22O8/c14-4-6-1-2-7(16)3-8(6)20-12-10(17)9(5-15)21-13(19)11(12)18/h1,7-19H,2-5H2/t7-,8+,9+,10+,11+,12-,13+/m0/s1. The second-order valence-electron chi connectivity index (χ2n) is 5.38. The molecule has 1 heterocycles. The third-order valence-corrected chi connectivity index (χ3v) is 3.90. The smallest absolute Gasteiger partial charge is 0.184 e. The molecular formula is C13H22O8. The van der Waals surface area contributed by atoms with Gasteiger partial charge in [-0.05, 0) is 12.0 Å². The maximum atomic E-state index is 10.0. The summed E-state index contributed by atoms with van der Waals surface area (Å²) in [6.07, 6.45) is -5.77. The maximum Gasteiger partial charge on any atom is 0.184 e. The summed E-state index contributed by atoms with van der Waals surface area (Å²) in [5.74, 6) is 0. The minimum Gasteiger partial charge on any atom is -0.394 e. The summed E-state index contributed by atoms with van der Waals surface area (Å²) in [7, 11) is 0. The van der Waals surface area contributed by atoms with Gasteiger partial charge in [-0.25, -0.2) is 0 Å². The molecule has 0 amide bonds. The van der Waals surface area contributed by atoms with Crippen molar-refractivity contribution in [1.29, 1.82) is 0 Å². The van der Waals surface area contributed by atoms with Crippen molar-refractivity contribution in [3.8, 4) is 0 Å². The van der Waals surface area contributed by atoms with E-state index >= 15 is 0 Å². The molecule has 8 heteroatoms. The Balaban J connectivity index is 2.11. The number of aliphatic hydroxyl groups excluding tert-OH is 6. The topological polar surface area (TPSA) is 140 Å². The average Bonchev–Trinajstić information content (AvgIpc) is 2.47. The van der Waals surface area contributed by atoms with Crippen LogP contribution in [0.2, 0.25) is 0 Å². The molecule has 0 aromatic rings. The van der Waals surface area contributed by atoms with E-state index in [1.54, 1.807) is 6.08 Å². The lowest BCUT2D eigenvalue weighted by Gasteiger charge is -2.42. The van der Waals surface area contributed by atoms with Crippen LogP contribution in [0.5, 0.6) is 0 Å². The highest BCUT2D eigenvalue weighted by Gasteiger charge is 2.46. The van der Waals surface area contributed by atoms with Gasteiger partial charge >= 0.3 is 0 Å². The number of aliphatic hydroxyl groups is 6. The Hall–Kier alpha value is -0.580. The third kappa shape index (κ3) is 3.61. The number of hydrogen-bond donors (Lipinski definition) is 6. The monoisotopic (exact) mass is 306 g/mol. The molecule has 7 atom stereocenters. The van der Waals surface area contributed by atoms with Crippen molar-refractivity contribution < 1.29 is 40.1 Å². The number of ether oxygens (including phenoxy) is 2. The predicted molar refractivity (Wildman–Crippen MR) is 69.0 cm³/mol. The Morgan fingerprint density at radius 2 is 1.86 bits per heavy atom. The van der Waals surface area contributed by atoms with E-state index in [4.69, 9.17) is 14.6 Å². The predicted octanol–water partition coefficient (Wildman–Crippen LogP) is -2.76. The van der Waals surface area contributed by atoms with Crippen molar-refractivity contribution in [2.75, 3.05) is 13.2 Å². The summed E-state index contributed by atoms with van der Waals surface area (Å²) in [6.45, 7) is -0.806. The van der Waals surface area contributed by atoms with E-state index in [1.165, 1.54) is 0 Å². The van der Waals surface area contributed by atoms with Gasteiger partial charge in [0.25, 0.3) is 0 Å². The molecule has 0 aromatic heterocycles. The maximum absolute atomic E-state index is 10.0. The summed E-state index contributed by atoms with van der Waals surface area (Å²) in [4.78, 5) is 0. The number of hydrogen-bond acceptors (Lipinski definition) is 8. The first kappa shape index (κ1) is 16.8. The Morgan fingerprint density at radius 3 is 2.48 bits per heavy atom. The molecule has 6 N–H and O–H groups in total. The molecule has 0 aromatic carbocycles. The second-order valence-corrected chi connectivity index (χ2v) is 5.38. The molecular weight excluding hydrogens is 284 g/mol. The van der Waals surface area contributed by atoms with E-state index in [0.717, 1.165) is 0 Å². The summed E-state index contributed by atoms with van der Waals surface area (Å²) in [6, 6.07) is 0. The Bertz CT molecular complexity index is 373. The molecule has 1 fully saturated rings. The lowest BCUT2D eigenvalue weighted by molar-refractivity contribution is -0.299. The summed E-state index contributed by atoms with van der Waals surface area (Å²) < 4.78 is 10.5. The minimum absolute atomic E-state index is 0.211. The largest absolute Gasteiger partial charge is 0.394 e. The second kappa shape index (κ2) is 7.12. The van der Waals surface area contributed by atoms with Crippen LogP contribution >= 0.6 is 0 Å². The Kier molecular flexibility index (Phi) is 5.69. The zero-order valence-electron chi connectivity index (χ0n) is 11.4. The quantitative estimate of drug-likeness (QED) is 0.307. The number of rotatable bonds is 4. The van der Waals surface area contributed by atoms with Gasteiger partial charge in [0.15, 0.2) is 6.29 Å². The highest BCUT2D eigenvalue weighted by Crippen LogP contribution is 2.28. The highest BCUT2D eigenvalue weighted by molar-refractivity contribution is 5.14. The molecule has 21 heavy (non-hydrogen) atoms. The molecule has 8 nitrogen and oxygen atoms in total. The van der Waals surface area contributed by atoms with Crippen molar-refractivity contribution in [2.45, 2.75) is 55.8 Å². The molecule has 0 bridgehead atoms. The van der Waals surface area contributed by atoms with Gasteiger partial charge in [-0.15, -0.1) is 0 Å². The average molecular weight is 306 g/mol. The van der Waals surface area contributed by atoms with Crippen LogP contribution in [0.1, 0.15) is 12.8 Å². The van der Waals surface area contributed by atoms with Gasteiger partial charge in [-0.3, -0.25) is 0 Å². The SMILES string of the molecule is OCC1=CC[C@H](O)C[C@H]1O[C@@H]1[C@@H](O)[C@H](O)O[C@H](CO)[C@H]1O. The third-order valence-electron chi connectivity index (χ3n) is 3.90. The molecule has 0 radical (unpaired) electrons. The summed E-state index contributed by atoms with van der Waals surface area (Å²) >= 11 is 0. The van der Waals surface area contributed by atoms with E-state index in [-0.39, 0.29) is 13.0 Å². The summed E-state index contributed by atoms with van der Waals surface area (Å²) in [5.41, 5.74) is 0.543. The first-order valence-corrected chi connectivity index (χ1v) is 6.91. The first-order valence-electron chi connectivity index (χ1n) is 6.91. The molecule has 1 saturated heterocycles. The van der Waals surface area contributed by atoms with Crippen LogP contribution in [0, 0.1) is 0 Å². The fourth-order valence-electron chi connectivity index (χ4n) is 2.64. The molecule has 1 aliphatic carbocycles. The lowest BCUT2D eigenvalue weighted by Crippen LogP contribution is -2.60. The molecule has 122 valence electrons. The molecule has 0 saturated carbocycles. The van der Waals surface area contributed by atoms with Crippen molar-refractivity contribution >= 4 is 0 Å². The fraction of sp³-hybridized carbons (Fsp3) is 0.846. The van der Waals surface area contributed by atoms with Gasteiger partial charge in [-0.1, -0.05) is 6.08 Å². The zero-order chi connectivity index (χ0) is 15.6. The minimum atomic E-state index is -1.59. The lowest BCUT2D eigenvalue weighted by atomic mass is 9.93. The molecule has 1 aliphatic heterocycles. The van der Waals surface area contributed by atoms with Gasteiger partial charge in [0.2, 0.25) is 0 Å². The molecule has 0 spiro atoms. The van der Waals surface area contributed by atoms with Crippen LogP contribution in [0.25, 0.3) is 0 Å². The van der Waals surface area contributed by atoms with E-state index in [1.807, 2.05) is 0 Å². The zero-order valence-corrected chi connectivity index (χ0v) is 11.4. The van der Waals surface area contributed by atoms with E-state index in [0.29, 0.717) is 12.0 Å². The van der Waals surface area contributed by atoms with Crippen molar-refractivity contribution in [3.05, 3.63) is 11.6 Å². The van der Waals surface area contributed by atoms with Gasteiger partial charge < -0.3 is 40.1 Å².